The topological polar surface area (TPSA) is 0 Å². The van der Waals surface area contributed by atoms with Crippen LogP contribution in [0.5, 0.6) is 0 Å². The van der Waals surface area contributed by atoms with Crippen molar-refractivity contribution in [2.24, 2.45) is 0 Å². The van der Waals surface area contributed by atoms with Crippen molar-refractivity contribution in [3.05, 3.63) is 14.9 Å². The molecule has 2 radical (unpaired) electrons. The van der Waals surface area contributed by atoms with E-state index >= 15 is 0 Å². The first kappa shape index (κ1) is 56.5. The molecule has 0 heterocycles. The van der Waals surface area contributed by atoms with Gasteiger partial charge in [-0.2, -0.15) is 0 Å². The molecule has 0 spiro atoms. The molecule has 0 unspecified atom stereocenters. The predicted octanol–water partition coefficient (Wildman–Crippen LogP) is 3.97. The molecule has 0 aliphatic carbocycles. The number of hydrogen-bond donors (Lipinski definition) is 0. The standard InChI is InChI=1S/3C2H6.2CH3.2Y/c3*1-2;;;;/h3*1-2H3;2*1H3;;/q;;;2*-1;;. The Balaban J connectivity index is -0.00000000225. The molecule has 0 bridgehead atoms. The molecule has 0 atom stereocenters. The van der Waals surface area contributed by atoms with Crippen molar-refractivity contribution in [1.29, 1.82) is 0 Å². The predicted molar refractivity (Wildman–Crippen MR) is 46.9 cm³/mol. The molecule has 0 aromatic heterocycles. The number of hydrogen-bond acceptors (Lipinski definition) is 0. The molecule has 64 valence electrons. The number of rotatable bonds is 0. The molecule has 0 fully saturated rings. The molecule has 0 N–H and O–H groups in total. The van der Waals surface area contributed by atoms with E-state index < -0.39 is 0 Å². The van der Waals surface area contributed by atoms with Crippen LogP contribution in [0.3, 0.4) is 0 Å². The van der Waals surface area contributed by atoms with Crippen LogP contribution in [0.1, 0.15) is 41.5 Å². The molecule has 2 heteroatoms. The van der Waals surface area contributed by atoms with Crippen LogP contribution in [0.2, 0.25) is 0 Å². The molecule has 0 rings (SSSR count). The summed E-state index contributed by atoms with van der Waals surface area (Å²) in [6.07, 6.45) is 0. The van der Waals surface area contributed by atoms with Gasteiger partial charge in [-0.1, -0.05) is 41.5 Å². The Bertz CT molecular complexity index is 7.22. The fraction of sp³-hybridized carbons (Fsp3) is 0.750. The molecule has 0 aromatic carbocycles. The Morgan fingerprint density at radius 1 is 0.400 bits per heavy atom. The molecule has 0 aromatic rings. The Morgan fingerprint density at radius 3 is 0.400 bits per heavy atom. The fourth-order valence-electron chi connectivity index (χ4n) is 0. The van der Waals surface area contributed by atoms with Gasteiger partial charge in [0, 0.05) is 65.4 Å². The maximum atomic E-state index is 2.00. The van der Waals surface area contributed by atoms with Crippen molar-refractivity contribution < 1.29 is 65.4 Å². The van der Waals surface area contributed by atoms with Crippen LogP contribution < -0.4 is 0 Å². The molecule has 0 aliphatic rings. The molecule has 0 nitrogen and oxygen atoms in total. The van der Waals surface area contributed by atoms with Crippen LogP contribution in [0.25, 0.3) is 0 Å². The van der Waals surface area contributed by atoms with Gasteiger partial charge in [-0.15, -0.1) is 0 Å². The summed E-state index contributed by atoms with van der Waals surface area (Å²) in [7, 11) is 0. The fourth-order valence-corrected chi connectivity index (χ4v) is 0. The van der Waals surface area contributed by atoms with E-state index in [1.54, 1.807) is 0 Å². The van der Waals surface area contributed by atoms with Crippen molar-refractivity contribution >= 4 is 0 Å². The van der Waals surface area contributed by atoms with Gasteiger partial charge in [0.25, 0.3) is 0 Å². The van der Waals surface area contributed by atoms with Gasteiger partial charge in [0.2, 0.25) is 0 Å². The summed E-state index contributed by atoms with van der Waals surface area (Å²) in [6.45, 7) is 12.0. The Hall–Kier alpha value is 2.21. The molecule has 0 amide bonds. The third-order valence-corrected chi connectivity index (χ3v) is 0. The van der Waals surface area contributed by atoms with Crippen molar-refractivity contribution in [3.63, 3.8) is 0 Å². The summed E-state index contributed by atoms with van der Waals surface area (Å²) in [4.78, 5) is 0. The molecule has 10 heavy (non-hydrogen) atoms. The van der Waals surface area contributed by atoms with E-state index in [-0.39, 0.29) is 80.3 Å². The smallest absolute Gasteiger partial charge is 0 e. The first-order chi connectivity index (χ1) is 3.00. The van der Waals surface area contributed by atoms with Gasteiger partial charge in [-0.25, -0.2) is 0 Å². The van der Waals surface area contributed by atoms with Gasteiger partial charge >= 0.3 is 0 Å². The van der Waals surface area contributed by atoms with Gasteiger partial charge in [-0.3, -0.25) is 0 Å². The third kappa shape index (κ3) is 178. The van der Waals surface area contributed by atoms with Crippen molar-refractivity contribution in [1.82, 2.24) is 0 Å². The average Bonchev–Trinajstić information content (AvgIpc) is 1.81. The largest absolute Gasteiger partial charge is 0.358 e. The molecular weight excluding hydrogens is 274 g/mol. The van der Waals surface area contributed by atoms with Crippen LogP contribution in [0.4, 0.5) is 0 Å². The first-order valence-electron chi connectivity index (χ1n) is 3.00. The summed E-state index contributed by atoms with van der Waals surface area (Å²) in [5, 5.41) is 0. The maximum absolute atomic E-state index is 2.00. The van der Waals surface area contributed by atoms with Gasteiger partial charge in [-0.05, 0) is 0 Å². The van der Waals surface area contributed by atoms with Gasteiger partial charge in [0.05, 0.1) is 0 Å². The second kappa shape index (κ2) is 240. The summed E-state index contributed by atoms with van der Waals surface area (Å²) < 4.78 is 0. The van der Waals surface area contributed by atoms with E-state index in [2.05, 4.69) is 0 Å². The van der Waals surface area contributed by atoms with Crippen molar-refractivity contribution in [3.8, 4) is 0 Å². The van der Waals surface area contributed by atoms with E-state index in [9.17, 15) is 0 Å². The van der Waals surface area contributed by atoms with E-state index in [1.165, 1.54) is 0 Å². The minimum Gasteiger partial charge on any atom is -0.358 e. The molecular formula is C8H24Y2-2. The molecule has 0 saturated carbocycles. The van der Waals surface area contributed by atoms with Gasteiger partial charge in [0.15, 0.2) is 0 Å². The van der Waals surface area contributed by atoms with Crippen LogP contribution in [0.15, 0.2) is 0 Å². The average molecular weight is 298 g/mol. The normalized spacial score (nSPS) is 1.80. The summed E-state index contributed by atoms with van der Waals surface area (Å²) in [6, 6.07) is 0. The minimum absolute atomic E-state index is 0. The van der Waals surface area contributed by atoms with Crippen LogP contribution >= 0.6 is 0 Å². The van der Waals surface area contributed by atoms with Crippen LogP contribution in [-0.4, -0.2) is 0 Å². The van der Waals surface area contributed by atoms with E-state index in [4.69, 9.17) is 0 Å². The van der Waals surface area contributed by atoms with Gasteiger partial charge < -0.3 is 14.9 Å². The monoisotopic (exact) mass is 298 g/mol. The van der Waals surface area contributed by atoms with E-state index in [0.717, 1.165) is 0 Å². The zero-order valence-corrected chi connectivity index (χ0v) is 14.8. The Kier molecular flexibility index (Phi) is 1350. The summed E-state index contributed by atoms with van der Waals surface area (Å²) in [5.41, 5.74) is 0. The molecule has 0 saturated heterocycles. The zero-order valence-electron chi connectivity index (χ0n) is 9.15. The van der Waals surface area contributed by atoms with E-state index in [0.29, 0.717) is 0 Å². The quantitative estimate of drug-likeness (QED) is 0.594. The third-order valence-electron chi connectivity index (χ3n) is 0. The SMILES string of the molecule is CC.CC.CC.[CH3-].[CH3-].[Y].[Y]. The molecule has 0 aliphatic heterocycles. The van der Waals surface area contributed by atoms with Crippen molar-refractivity contribution in [2.45, 2.75) is 41.5 Å². The van der Waals surface area contributed by atoms with Crippen LogP contribution in [0, 0.1) is 14.9 Å². The Labute approximate surface area is 120 Å². The van der Waals surface area contributed by atoms with Crippen LogP contribution in [-0.2, 0) is 65.4 Å². The van der Waals surface area contributed by atoms with E-state index in [1.807, 2.05) is 41.5 Å². The first-order valence-corrected chi connectivity index (χ1v) is 3.00. The summed E-state index contributed by atoms with van der Waals surface area (Å²) in [5.74, 6) is 0. The maximum Gasteiger partial charge on any atom is 0 e. The van der Waals surface area contributed by atoms with Crippen molar-refractivity contribution in [2.75, 3.05) is 0 Å². The summed E-state index contributed by atoms with van der Waals surface area (Å²) >= 11 is 0. The minimum atomic E-state index is 0. The Morgan fingerprint density at radius 2 is 0.400 bits per heavy atom. The zero-order chi connectivity index (χ0) is 6.00. The van der Waals surface area contributed by atoms with Gasteiger partial charge in [0.1, 0.15) is 0 Å². The second-order valence-corrected chi connectivity index (χ2v) is 0. The second-order valence-electron chi connectivity index (χ2n) is 0.